The lowest BCUT2D eigenvalue weighted by molar-refractivity contribution is 0.262. The highest BCUT2D eigenvalue weighted by Gasteiger charge is 2.14. The number of nitrogens with two attached hydrogens (primary N) is 1. The van der Waals surface area contributed by atoms with Gasteiger partial charge in [0, 0.05) is 33.9 Å². The van der Waals surface area contributed by atoms with Gasteiger partial charge in [0.25, 0.3) is 0 Å². The fourth-order valence-electron chi connectivity index (χ4n) is 3.58. The Morgan fingerprint density at radius 3 is 2.52 bits per heavy atom. The van der Waals surface area contributed by atoms with Crippen molar-refractivity contribution in [2.45, 2.75) is 4.90 Å². The minimum atomic E-state index is -3.84. The number of sulfonamides is 1. The zero-order chi connectivity index (χ0) is 23.0. The van der Waals surface area contributed by atoms with Gasteiger partial charge >= 0.3 is 6.03 Å². The summed E-state index contributed by atoms with van der Waals surface area (Å²) >= 11 is 0. The molecule has 5 aromatic rings. The molecule has 0 unspecified atom stereocenters. The van der Waals surface area contributed by atoms with Crippen molar-refractivity contribution in [1.29, 1.82) is 0 Å². The molecule has 0 atom stereocenters. The lowest BCUT2D eigenvalue weighted by Crippen LogP contribution is -2.19. The Hall–Kier alpha value is -4.28. The van der Waals surface area contributed by atoms with Crippen LogP contribution in [0.25, 0.3) is 33.1 Å². The van der Waals surface area contributed by atoms with Crippen molar-refractivity contribution in [3.05, 3.63) is 79.0 Å². The van der Waals surface area contributed by atoms with Gasteiger partial charge in [-0.25, -0.2) is 18.4 Å². The summed E-state index contributed by atoms with van der Waals surface area (Å²) in [5.41, 5.74) is 3.89. The molecular formula is C23H18N6O3S. The highest BCUT2D eigenvalue weighted by molar-refractivity contribution is 7.89. The summed E-state index contributed by atoms with van der Waals surface area (Å²) in [6.45, 7) is 0. The number of H-pyrrole nitrogens is 1. The zero-order valence-corrected chi connectivity index (χ0v) is 17.9. The largest absolute Gasteiger partial charge is 0.323 e. The quantitative estimate of drug-likeness (QED) is 0.321. The number of nitrogens with one attached hydrogen (secondary N) is 3. The first-order chi connectivity index (χ1) is 15.9. The molecule has 5 rings (SSSR count). The monoisotopic (exact) mass is 458 g/mol. The molecule has 0 bridgehead atoms. The maximum atomic E-state index is 12.6. The number of carbonyl (C=O) groups is 1. The first-order valence-corrected chi connectivity index (χ1v) is 11.5. The van der Waals surface area contributed by atoms with Gasteiger partial charge in [-0.15, -0.1) is 0 Å². The van der Waals surface area contributed by atoms with E-state index in [1.807, 2.05) is 24.3 Å². The van der Waals surface area contributed by atoms with Gasteiger partial charge in [0.1, 0.15) is 5.69 Å². The molecule has 2 amide bonds. The summed E-state index contributed by atoms with van der Waals surface area (Å²) in [5, 5.41) is 19.7. The summed E-state index contributed by atoms with van der Waals surface area (Å²) in [7, 11) is -3.84. The lowest BCUT2D eigenvalue weighted by Gasteiger charge is -2.09. The van der Waals surface area contributed by atoms with Gasteiger partial charge in [-0.1, -0.05) is 18.2 Å². The molecule has 0 spiro atoms. The third-order valence-electron chi connectivity index (χ3n) is 5.12. The predicted octanol–water partition coefficient (Wildman–Crippen LogP) is 4.07. The normalized spacial score (nSPS) is 11.5. The molecule has 164 valence electrons. The van der Waals surface area contributed by atoms with Gasteiger partial charge in [0.05, 0.1) is 15.9 Å². The van der Waals surface area contributed by atoms with E-state index in [4.69, 9.17) is 5.14 Å². The van der Waals surface area contributed by atoms with Crippen molar-refractivity contribution in [3.8, 4) is 11.3 Å². The molecule has 33 heavy (non-hydrogen) atoms. The Kier molecular flexibility index (Phi) is 5.00. The van der Waals surface area contributed by atoms with Crippen molar-refractivity contribution >= 4 is 49.2 Å². The standard InChI is InChI=1S/C23H18N6O3S/c24-33(31,32)18-5-1-3-15(12-18)22-19-13-17(7-9-21(19)28-29-22)27-23(30)26-16-6-8-20-14(11-16)4-2-10-25-20/h1-13H,(H,28,29)(H2,24,31,32)(H2,26,27,30). The number of benzene rings is 3. The molecule has 0 saturated heterocycles. The number of nitrogens with zero attached hydrogens (tertiary/aromatic N) is 2. The second-order valence-electron chi connectivity index (χ2n) is 7.40. The fourth-order valence-corrected chi connectivity index (χ4v) is 4.14. The van der Waals surface area contributed by atoms with Crippen LogP contribution in [0, 0.1) is 0 Å². The van der Waals surface area contributed by atoms with Crippen molar-refractivity contribution in [2.24, 2.45) is 5.14 Å². The number of fused-ring (bicyclic) bond motifs is 2. The lowest BCUT2D eigenvalue weighted by atomic mass is 10.1. The third kappa shape index (κ3) is 4.25. The van der Waals surface area contributed by atoms with Crippen LogP contribution in [0.1, 0.15) is 0 Å². The van der Waals surface area contributed by atoms with Crippen molar-refractivity contribution in [3.63, 3.8) is 0 Å². The number of hydrogen-bond acceptors (Lipinski definition) is 5. The molecule has 9 nitrogen and oxygen atoms in total. The van der Waals surface area contributed by atoms with E-state index in [9.17, 15) is 13.2 Å². The third-order valence-corrected chi connectivity index (χ3v) is 6.03. The Labute approximate surface area is 188 Å². The number of carbonyl (C=O) groups excluding carboxylic acids is 1. The average Bonchev–Trinajstić information content (AvgIpc) is 3.22. The van der Waals surface area contributed by atoms with Crippen LogP contribution in [-0.4, -0.2) is 29.6 Å². The van der Waals surface area contributed by atoms with Crippen LogP contribution in [-0.2, 0) is 10.0 Å². The summed E-state index contributed by atoms with van der Waals surface area (Å²) < 4.78 is 23.4. The van der Waals surface area contributed by atoms with Gasteiger partial charge < -0.3 is 10.6 Å². The van der Waals surface area contributed by atoms with E-state index >= 15 is 0 Å². The molecule has 0 fully saturated rings. The molecular weight excluding hydrogens is 440 g/mol. The second-order valence-corrected chi connectivity index (χ2v) is 8.96. The molecule has 0 aliphatic carbocycles. The molecule has 0 saturated carbocycles. The van der Waals surface area contributed by atoms with E-state index in [1.54, 1.807) is 42.6 Å². The molecule has 2 heterocycles. The minimum absolute atomic E-state index is 0.00427. The summed E-state index contributed by atoms with van der Waals surface area (Å²) in [6, 6.07) is 20.3. The maximum absolute atomic E-state index is 12.6. The summed E-state index contributed by atoms with van der Waals surface area (Å²) in [6.07, 6.45) is 1.72. The van der Waals surface area contributed by atoms with Gasteiger partial charge in [-0.3, -0.25) is 10.1 Å². The number of rotatable bonds is 4. The highest BCUT2D eigenvalue weighted by Crippen LogP contribution is 2.29. The fraction of sp³-hybridized carbons (Fsp3) is 0. The Morgan fingerprint density at radius 1 is 0.909 bits per heavy atom. The number of anilines is 2. The van der Waals surface area contributed by atoms with Crippen LogP contribution in [0.5, 0.6) is 0 Å². The van der Waals surface area contributed by atoms with Crippen LogP contribution in [0.2, 0.25) is 0 Å². The van der Waals surface area contributed by atoms with Crippen molar-refractivity contribution in [1.82, 2.24) is 15.2 Å². The van der Waals surface area contributed by atoms with Crippen LogP contribution in [0.3, 0.4) is 0 Å². The van der Waals surface area contributed by atoms with Crippen molar-refractivity contribution < 1.29 is 13.2 Å². The van der Waals surface area contributed by atoms with Crippen LogP contribution in [0.4, 0.5) is 16.2 Å². The summed E-state index contributed by atoms with van der Waals surface area (Å²) in [4.78, 5) is 16.8. The Balaban J connectivity index is 1.41. The Morgan fingerprint density at radius 2 is 1.70 bits per heavy atom. The van der Waals surface area contributed by atoms with Crippen molar-refractivity contribution in [2.75, 3.05) is 10.6 Å². The number of primary sulfonamides is 1. The van der Waals surface area contributed by atoms with E-state index in [0.717, 1.165) is 21.8 Å². The zero-order valence-electron chi connectivity index (χ0n) is 17.1. The van der Waals surface area contributed by atoms with E-state index < -0.39 is 16.1 Å². The first-order valence-electron chi connectivity index (χ1n) is 9.91. The topological polar surface area (TPSA) is 143 Å². The van der Waals surface area contributed by atoms with Gasteiger partial charge in [-0.05, 0) is 54.6 Å². The van der Waals surface area contributed by atoms with E-state index in [-0.39, 0.29) is 4.90 Å². The van der Waals surface area contributed by atoms with Gasteiger partial charge in [0.15, 0.2) is 0 Å². The number of pyridine rings is 1. The number of aromatic amines is 1. The van der Waals surface area contributed by atoms with E-state index in [2.05, 4.69) is 25.8 Å². The predicted molar refractivity (Wildman–Crippen MR) is 127 cm³/mol. The second kappa shape index (κ2) is 8.01. The van der Waals surface area contributed by atoms with E-state index in [0.29, 0.717) is 22.6 Å². The van der Waals surface area contributed by atoms with Crippen LogP contribution in [0.15, 0.2) is 83.9 Å². The number of urea groups is 1. The van der Waals surface area contributed by atoms with E-state index in [1.165, 1.54) is 12.1 Å². The highest BCUT2D eigenvalue weighted by atomic mass is 32.2. The molecule has 0 aliphatic rings. The minimum Gasteiger partial charge on any atom is -0.308 e. The molecule has 2 aromatic heterocycles. The number of aromatic nitrogens is 3. The van der Waals surface area contributed by atoms with Gasteiger partial charge in [0.2, 0.25) is 10.0 Å². The van der Waals surface area contributed by atoms with Gasteiger partial charge in [-0.2, -0.15) is 5.10 Å². The molecule has 10 heteroatoms. The average molecular weight is 459 g/mol. The maximum Gasteiger partial charge on any atom is 0.323 e. The Bertz CT molecular complexity index is 1630. The van der Waals surface area contributed by atoms with Crippen LogP contribution < -0.4 is 15.8 Å². The molecule has 3 aromatic carbocycles. The summed E-state index contributed by atoms with van der Waals surface area (Å²) in [5.74, 6) is 0. The number of amides is 2. The smallest absolute Gasteiger partial charge is 0.308 e. The molecule has 0 radical (unpaired) electrons. The van der Waals surface area contributed by atoms with Crippen LogP contribution >= 0.6 is 0 Å². The SMILES string of the molecule is NS(=O)(=O)c1cccc(-c2n[nH]c3ccc(NC(=O)Nc4ccc5ncccc5c4)cc23)c1. The molecule has 5 N–H and O–H groups in total. The molecule has 0 aliphatic heterocycles. The first kappa shape index (κ1) is 20.6. The number of hydrogen-bond donors (Lipinski definition) is 4.